The summed E-state index contributed by atoms with van der Waals surface area (Å²) in [6.45, 7) is 9.16. The molecule has 0 amide bonds. The molecule has 0 aliphatic carbocycles. The van der Waals surface area contributed by atoms with E-state index < -0.39 is 0 Å². The molecule has 1 aromatic carbocycles. The summed E-state index contributed by atoms with van der Waals surface area (Å²) < 4.78 is 0. The van der Waals surface area contributed by atoms with Crippen LogP contribution < -0.4 is 4.90 Å². The number of anilines is 1. The van der Waals surface area contributed by atoms with Gasteiger partial charge in [0.05, 0.1) is 0 Å². The molecule has 1 nitrogen and oxygen atoms in total. The molecular weight excluding hydrogens is 230 g/mol. The monoisotopic (exact) mass is 251 g/mol. The molecule has 1 aliphatic heterocycles. The molecule has 2 rings (SSSR count). The lowest BCUT2D eigenvalue weighted by Gasteiger charge is -2.37. The number of halogens is 1. The molecular formula is C15H22ClN. The molecule has 1 aliphatic rings. The molecule has 2 unspecified atom stereocenters. The molecule has 2 heteroatoms. The number of hydrogen-bond acceptors (Lipinski definition) is 1. The average molecular weight is 252 g/mol. The van der Waals surface area contributed by atoms with Crippen molar-refractivity contribution in [3.8, 4) is 0 Å². The van der Waals surface area contributed by atoms with Crippen molar-refractivity contribution < 1.29 is 0 Å². The first-order valence-electron chi connectivity index (χ1n) is 6.52. The van der Waals surface area contributed by atoms with E-state index in [-0.39, 0.29) is 0 Å². The maximum absolute atomic E-state index is 6.06. The zero-order valence-corrected chi connectivity index (χ0v) is 11.8. The van der Waals surface area contributed by atoms with Gasteiger partial charge in [0.2, 0.25) is 0 Å². The highest BCUT2D eigenvalue weighted by Crippen LogP contribution is 2.30. The molecule has 0 N–H and O–H groups in total. The van der Waals surface area contributed by atoms with E-state index in [1.807, 2.05) is 0 Å². The highest BCUT2D eigenvalue weighted by atomic mass is 35.5. The molecule has 0 aromatic heterocycles. The minimum absolute atomic E-state index is 0.609. The van der Waals surface area contributed by atoms with Gasteiger partial charge in [0.25, 0.3) is 0 Å². The molecule has 0 bridgehead atoms. The number of benzene rings is 1. The third-order valence-corrected chi connectivity index (χ3v) is 4.34. The van der Waals surface area contributed by atoms with Gasteiger partial charge in [-0.1, -0.05) is 31.5 Å². The van der Waals surface area contributed by atoms with Crippen LogP contribution in [0.5, 0.6) is 0 Å². The molecule has 1 fully saturated rings. The Morgan fingerprint density at radius 1 is 1.29 bits per heavy atom. The van der Waals surface area contributed by atoms with E-state index in [2.05, 4.69) is 43.9 Å². The number of piperidine rings is 1. The lowest BCUT2D eigenvalue weighted by Crippen LogP contribution is -2.38. The van der Waals surface area contributed by atoms with E-state index in [0.29, 0.717) is 5.88 Å². The van der Waals surface area contributed by atoms with E-state index in [1.165, 1.54) is 29.8 Å². The maximum Gasteiger partial charge on any atom is 0.0494 e. The van der Waals surface area contributed by atoms with Crippen molar-refractivity contribution in [3.05, 3.63) is 29.3 Å². The predicted molar refractivity (Wildman–Crippen MR) is 75.9 cm³/mol. The van der Waals surface area contributed by atoms with Gasteiger partial charge in [0.15, 0.2) is 0 Å². The van der Waals surface area contributed by atoms with E-state index in [9.17, 15) is 0 Å². The Hall–Kier alpha value is -0.690. The van der Waals surface area contributed by atoms with Crippen LogP contribution in [0, 0.1) is 18.8 Å². The molecule has 0 saturated carbocycles. The quantitative estimate of drug-likeness (QED) is 0.712. The van der Waals surface area contributed by atoms with Gasteiger partial charge in [0, 0.05) is 24.7 Å². The molecule has 1 saturated heterocycles. The van der Waals surface area contributed by atoms with Gasteiger partial charge in [-0.2, -0.15) is 0 Å². The highest BCUT2D eigenvalue weighted by molar-refractivity contribution is 6.17. The van der Waals surface area contributed by atoms with Crippen LogP contribution in [0.3, 0.4) is 0 Å². The summed E-state index contributed by atoms with van der Waals surface area (Å²) in [7, 11) is 0. The number of rotatable bonds is 2. The Labute approximate surface area is 110 Å². The summed E-state index contributed by atoms with van der Waals surface area (Å²) >= 11 is 6.06. The van der Waals surface area contributed by atoms with Crippen molar-refractivity contribution in [1.82, 2.24) is 0 Å². The fourth-order valence-corrected chi connectivity index (χ4v) is 2.83. The van der Waals surface area contributed by atoms with Crippen molar-refractivity contribution in [2.45, 2.75) is 33.1 Å². The van der Waals surface area contributed by atoms with Crippen molar-refractivity contribution >= 4 is 17.3 Å². The zero-order chi connectivity index (χ0) is 12.4. The second-order valence-corrected chi connectivity index (χ2v) is 5.72. The lowest BCUT2D eigenvalue weighted by molar-refractivity contribution is 0.323. The minimum atomic E-state index is 0.609. The van der Waals surface area contributed by atoms with Gasteiger partial charge in [-0.3, -0.25) is 0 Å². The number of aryl methyl sites for hydroxylation is 1. The summed E-state index contributed by atoms with van der Waals surface area (Å²) in [4.78, 5) is 2.50. The second-order valence-electron chi connectivity index (χ2n) is 5.46. The van der Waals surface area contributed by atoms with Crippen LogP contribution in [0.2, 0.25) is 0 Å². The summed E-state index contributed by atoms with van der Waals surface area (Å²) in [5, 5.41) is 0. The summed E-state index contributed by atoms with van der Waals surface area (Å²) in [5.74, 6) is 2.22. The topological polar surface area (TPSA) is 3.24 Å². The van der Waals surface area contributed by atoms with E-state index in [0.717, 1.165) is 18.4 Å². The molecule has 0 radical (unpaired) electrons. The molecule has 2 atom stereocenters. The fraction of sp³-hybridized carbons (Fsp3) is 0.600. The third-order valence-electron chi connectivity index (χ3n) is 4.05. The maximum atomic E-state index is 6.06. The number of alkyl halides is 1. The average Bonchev–Trinajstić information content (AvgIpc) is 2.32. The highest BCUT2D eigenvalue weighted by Gasteiger charge is 2.23. The summed E-state index contributed by atoms with van der Waals surface area (Å²) in [5.41, 5.74) is 3.90. The fourth-order valence-electron chi connectivity index (χ4n) is 2.61. The molecule has 94 valence electrons. The van der Waals surface area contributed by atoms with E-state index in [4.69, 9.17) is 11.6 Å². The van der Waals surface area contributed by atoms with Gasteiger partial charge >= 0.3 is 0 Å². The Morgan fingerprint density at radius 2 is 2.06 bits per heavy atom. The van der Waals surface area contributed by atoms with Gasteiger partial charge < -0.3 is 4.90 Å². The minimum Gasteiger partial charge on any atom is -0.371 e. The van der Waals surface area contributed by atoms with Gasteiger partial charge in [-0.15, -0.1) is 11.6 Å². The van der Waals surface area contributed by atoms with Crippen LogP contribution in [0.15, 0.2) is 18.2 Å². The Bertz CT molecular complexity index is 389. The van der Waals surface area contributed by atoms with Crippen LogP contribution >= 0.6 is 11.6 Å². The van der Waals surface area contributed by atoms with Gasteiger partial charge in [0.1, 0.15) is 0 Å². The molecule has 17 heavy (non-hydrogen) atoms. The normalized spacial score (nSPS) is 25.1. The van der Waals surface area contributed by atoms with Crippen molar-refractivity contribution in [3.63, 3.8) is 0 Å². The van der Waals surface area contributed by atoms with Crippen LogP contribution in [0.25, 0.3) is 0 Å². The largest absolute Gasteiger partial charge is 0.371 e. The Kier molecular flexibility index (Phi) is 3.98. The van der Waals surface area contributed by atoms with Gasteiger partial charge in [-0.05, 0) is 36.8 Å². The van der Waals surface area contributed by atoms with E-state index >= 15 is 0 Å². The number of nitrogens with zero attached hydrogens (tertiary/aromatic N) is 1. The SMILES string of the molecule is Cc1ccc(N2CCC(C)C(C)C2)c(CCl)c1. The first-order valence-corrected chi connectivity index (χ1v) is 7.05. The second kappa shape index (κ2) is 5.30. The van der Waals surface area contributed by atoms with Crippen molar-refractivity contribution in [2.75, 3.05) is 18.0 Å². The Morgan fingerprint density at radius 3 is 2.71 bits per heavy atom. The van der Waals surface area contributed by atoms with Crippen LogP contribution in [-0.4, -0.2) is 13.1 Å². The van der Waals surface area contributed by atoms with Crippen LogP contribution in [0.4, 0.5) is 5.69 Å². The number of hydrogen-bond donors (Lipinski definition) is 0. The Balaban J connectivity index is 2.22. The summed E-state index contributed by atoms with van der Waals surface area (Å²) in [6.07, 6.45) is 1.29. The van der Waals surface area contributed by atoms with E-state index in [1.54, 1.807) is 0 Å². The first-order chi connectivity index (χ1) is 8.11. The molecule has 1 heterocycles. The standard InChI is InChI=1S/C15H22ClN/c1-11-4-5-15(14(8-11)9-16)17-7-6-12(2)13(3)10-17/h4-5,8,12-13H,6-7,9-10H2,1-3H3. The molecule has 0 spiro atoms. The van der Waals surface area contributed by atoms with Crippen molar-refractivity contribution in [2.24, 2.45) is 11.8 Å². The van der Waals surface area contributed by atoms with Crippen LogP contribution in [0.1, 0.15) is 31.4 Å². The third kappa shape index (κ3) is 2.77. The smallest absolute Gasteiger partial charge is 0.0494 e. The molecule has 1 aromatic rings. The van der Waals surface area contributed by atoms with Crippen LogP contribution in [-0.2, 0) is 5.88 Å². The van der Waals surface area contributed by atoms with Crippen molar-refractivity contribution in [1.29, 1.82) is 0 Å². The lowest BCUT2D eigenvalue weighted by atomic mass is 9.88. The first kappa shape index (κ1) is 12.8. The predicted octanol–water partition coefficient (Wildman–Crippen LogP) is 4.22. The zero-order valence-electron chi connectivity index (χ0n) is 11.0. The summed E-state index contributed by atoms with van der Waals surface area (Å²) in [6, 6.07) is 6.63. The van der Waals surface area contributed by atoms with Gasteiger partial charge in [-0.25, -0.2) is 0 Å².